The van der Waals surface area contributed by atoms with E-state index in [1.165, 1.54) is 7.11 Å². The van der Waals surface area contributed by atoms with Crippen molar-refractivity contribution >= 4 is 18.5 Å². The third-order valence-corrected chi connectivity index (χ3v) is 4.64. The van der Waals surface area contributed by atoms with Gasteiger partial charge in [-0.25, -0.2) is 4.89 Å². The van der Waals surface area contributed by atoms with Crippen molar-refractivity contribution in [1.29, 1.82) is 0 Å². The topological polar surface area (TPSA) is 61.0 Å². The van der Waals surface area contributed by atoms with E-state index in [0.29, 0.717) is 12.5 Å². The van der Waals surface area contributed by atoms with Crippen LogP contribution in [0.4, 0.5) is 0 Å². The molecule has 0 bridgehead atoms. The summed E-state index contributed by atoms with van der Waals surface area (Å²) in [5, 5.41) is 6.62. The van der Waals surface area contributed by atoms with Gasteiger partial charge in [0.2, 0.25) is 0 Å². The molecule has 0 fully saturated rings. The van der Waals surface area contributed by atoms with E-state index < -0.39 is 6.72 Å². The van der Waals surface area contributed by atoms with Gasteiger partial charge in [-0.1, -0.05) is 13.8 Å². The monoisotopic (exact) mass is 310 g/mol. The predicted octanol–water partition coefficient (Wildman–Crippen LogP) is 2.25. The van der Waals surface area contributed by atoms with Gasteiger partial charge in [0, 0.05) is 5.70 Å². The summed E-state index contributed by atoms with van der Waals surface area (Å²) in [6, 6.07) is 0. The van der Waals surface area contributed by atoms with Gasteiger partial charge in [0.25, 0.3) is 0 Å². The molecule has 6 nitrogen and oxygen atoms in total. The molecule has 0 saturated heterocycles. The molecule has 19 heavy (non-hydrogen) atoms. The van der Waals surface area contributed by atoms with E-state index in [0.717, 1.165) is 5.70 Å². The normalized spacial score (nSPS) is 26.7. The minimum absolute atomic E-state index is 0.114. The van der Waals surface area contributed by atoms with Crippen LogP contribution in [0.2, 0.25) is 0 Å². The summed E-state index contributed by atoms with van der Waals surface area (Å²) in [6.45, 7) is 5.55. The molecule has 0 saturated carbocycles. The molecule has 112 valence electrons. The van der Waals surface area contributed by atoms with Crippen molar-refractivity contribution < 1.29 is 18.6 Å². The zero-order valence-electron chi connectivity index (χ0n) is 12.0. The van der Waals surface area contributed by atoms with Crippen LogP contribution in [-0.4, -0.2) is 26.1 Å². The van der Waals surface area contributed by atoms with Crippen molar-refractivity contribution in [3.05, 3.63) is 11.8 Å². The van der Waals surface area contributed by atoms with Crippen LogP contribution in [0.5, 0.6) is 0 Å². The molecule has 1 heterocycles. The molecule has 1 rings (SSSR count). The second-order valence-corrected chi connectivity index (χ2v) is 7.37. The first-order valence-corrected chi connectivity index (χ1v) is 8.82. The van der Waals surface area contributed by atoms with E-state index in [-0.39, 0.29) is 12.4 Å². The average Bonchev–Trinajstić information content (AvgIpc) is 2.28. The van der Waals surface area contributed by atoms with Crippen molar-refractivity contribution in [2.75, 3.05) is 13.7 Å². The molecule has 0 aromatic carbocycles. The Hall–Kier alpha value is -0.0100. The Labute approximate surface area is 120 Å². The van der Waals surface area contributed by atoms with Crippen LogP contribution in [0.25, 0.3) is 0 Å². The molecule has 0 aliphatic carbocycles. The molecule has 1 aliphatic heterocycles. The number of allylic oxidation sites excluding steroid dienone is 1. The lowest BCUT2D eigenvalue weighted by molar-refractivity contribution is -0.193. The van der Waals surface area contributed by atoms with Gasteiger partial charge >= 0.3 is 6.72 Å². The third-order valence-electron chi connectivity index (χ3n) is 2.49. The van der Waals surface area contributed by atoms with Crippen molar-refractivity contribution in [2.45, 2.75) is 40.1 Å². The summed E-state index contributed by atoms with van der Waals surface area (Å²) in [6.07, 6.45) is 1.65. The van der Waals surface area contributed by atoms with E-state index in [4.69, 9.17) is 25.5 Å². The van der Waals surface area contributed by atoms with Crippen LogP contribution in [0, 0.1) is 5.92 Å². The summed E-state index contributed by atoms with van der Waals surface area (Å²) in [5.41, 5.74) is 1.03. The Morgan fingerprint density at radius 2 is 2.16 bits per heavy atom. The summed E-state index contributed by atoms with van der Waals surface area (Å²) >= 11 is 5.25. The Balaban J connectivity index is 2.73. The van der Waals surface area contributed by atoms with Gasteiger partial charge in [-0.15, -0.1) is 4.67 Å². The molecule has 3 unspecified atom stereocenters. The van der Waals surface area contributed by atoms with Gasteiger partial charge < -0.3 is 9.84 Å². The maximum Gasteiger partial charge on any atom is 0.357 e. The molecular formula is C11H23N2O4PS. The number of hydrogen-bond acceptors (Lipinski definition) is 7. The molecule has 0 amide bonds. The quantitative estimate of drug-likeness (QED) is 0.425. The van der Waals surface area contributed by atoms with Gasteiger partial charge in [-0.2, -0.15) is 0 Å². The first-order chi connectivity index (χ1) is 8.90. The highest BCUT2D eigenvalue weighted by atomic mass is 32.5. The lowest BCUT2D eigenvalue weighted by Gasteiger charge is -2.34. The minimum Gasteiger partial charge on any atom is -0.373 e. The van der Waals surface area contributed by atoms with E-state index in [9.17, 15) is 0 Å². The smallest absolute Gasteiger partial charge is 0.357 e. The maximum atomic E-state index is 5.74. The van der Waals surface area contributed by atoms with Crippen molar-refractivity contribution in [3.63, 3.8) is 0 Å². The summed E-state index contributed by atoms with van der Waals surface area (Å²) < 4.78 is 16.1. The Bertz CT molecular complexity index is 355. The zero-order chi connectivity index (χ0) is 14.5. The van der Waals surface area contributed by atoms with Gasteiger partial charge in [0.05, 0.1) is 19.9 Å². The first kappa shape index (κ1) is 17.0. The molecule has 8 heteroatoms. The fraction of sp³-hybridized carbons (Fsp3) is 0.818. The molecule has 2 N–H and O–H groups in total. The van der Waals surface area contributed by atoms with Crippen molar-refractivity contribution in [3.8, 4) is 0 Å². The van der Waals surface area contributed by atoms with Gasteiger partial charge in [-0.3, -0.25) is 9.84 Å². The molecule has 0 aromatic rings. The lowest BCUT2D eigenvalue weighted by Crippen LogP contribution is -2.53. The second-order valence-electron chi connectivity index (χ2n) is 4.51. The molecule has 0 spiro atoms. The highest BCUT2D eigenvalue weighted by Gasteiger charge is 2.30. The van der Waals surface area contributed by atoms with Crippen LogP contribution in [0.3, 0.4) is 0 Å². The van der Waals surface area contributed by atoms with Crippen LogP contribution in [-0.2, 0) is 30.4 Å². The average molecular weight is 310 g/mol. The highest BCUT2D eigenvalue weighted by Crippen LogP contribution is 2.51. The van der Waals surface area contributed by atoms with E-state index in [1.807, 2.05) is 19.9 Å². The Morgan fingerprint density at radius 3 is 2.68 bits per heavy atom. The summed E-state index contributed by atoms with van der Waals surface area (Å²) in [4.78, 5) is 4.63. The van der Waals surface area contributed by atoms with Crippen molar-refractivity contribution in [1.82, 2.24) is 10.6 Å². The third kappa shape index (κ3) is 5.47. The molecular weight excluding hydrogens is 287 g/mol. The van der Waals surface area contributed by atoms with Crippen molar-refractivity contribution in [2.24, 2.45) is 5.92 Å². The fourth-order valence-electron chi connectivity index (χ4n) is 1.67. The fourth-order valence-corrected chi connectivity index (χ4v) is 3.48. The predicted molar refractivity (Wildman–Crippen MR) is 77.5 cm³/mol. The summed E-state index contributed by atoms with van der Waals surface area (Å²) in [5.74, 6) is 0.406. The molecule has 0 radical (unpaired) electrons. The number of rotatable bonds is 7. The maximum absolute atomic E-state index is 5.74. The van der Waals surface area contributed by atoms with E-state index in [2.05, 4.69) is 29.4 Å². The lowest BCUT2D eigenvalue weighted by atomic mass is 10.1. The SMILES string of the molecule is CCOP(=S)(OOC)OC1C=C(C)NC(C(C)C)N1. The van der Waals surface area contributed by atoms with E-state index >= 15 is 0 Å². The molecule has 0 aromatic heterocycles. The van der Waals surface area contributed by atoms with Crippen LogP contribution < -0.4 is 10.6 Å². The number of hydrogen-bond donors (Lipinski definition) is 2. The Morgan fingerprint density at radius 1 is 1.47 bits per heavy atom. The van der Waals surface area contributed by atoms with Gasteiger partial charge in [0.15, 0.2) is 0 Å². The second kappa shape index (κ2) is 7.69. The standard InChI is InChI=1S/C11H23N2O4PS/c1-6-15-18(19,17-14-5)16-10-7-9(4)12-11(13-10)8(2)3/h7-8,10-13H,6H2,1-5H3. The molecule has 3 atom stereocenters. The largest absolute Gasteiger partial charge is 0.373 e. The van der Waals surface area contributed by atoms with Gasteiger partial charge in [0.1, 0.15) is 6.23 Å². The van der Waals surface area contributed by atoms with Crippen LogP contribution >= 0.6 is 6.72 Å². The molecule has 1 aliphatic rings. The Kier molecular flexibility index (Phi) is 6.90. The minimum atomic E-state index is -2.89. The number of nitrogens with one attached hydrogen (secondary N) is 2. The van der Waals surface area contributed by atoms with Gasteiger partial charge in [-0.05, 0) is 37.6 Å². The van der Waals surface area contributed by atoms with Crippen LogP contribution in [0.15, 0.2) is 11.8 Å². The summed E-state index contributed by atoms with van der Waals surface area (Å²) in [7, 11) is 1.39. The highest BCUT2D eigenvalue weighted by molar-refractivity contribution is 8.07. The first-order valence-electron chi connectivity index (χ1n) is 6.26. The zero-order valence-corrected chi connectivity index (χ0v) is 13.7. The van der Waals surface area contributed by atoms with Crippen LogP contribution in [0.1, 0.15) is 27.7 Å². The van der Waals surface area contributed by atoms with E-state index in [1.54, 1.807) is 0 Å².